The largest absolute Gasteiger partial charge is 0.497 e. The van der Waals surface area contributed by atoms with Gasteiger partial charge in [-0.05, 0) is 34.1 Å². The lowest BCUT2D eigenvalue weighted by Crippen LogP contribution is -1.90. The van der Waals surface area contributed by atoms with E-state index < -0.39 is 0 Å². The Bertz CT molecular complexity index is 499. The van der Waals surface area contributed by atoms with Crippen molar-refractivity contribution in [2.75, 3.05) is 14.2 Å². The molecule has 0 aliphatic carbocycles. The molecule has 1 heterocycles. The van der Waals surface area contributed by atoms with Gasteiger partial charge in [0.05, 0.1) is 14.2 Å². The summed E-state index contributed by atoms with van der Waals surface area (Å²) in [4.78, 5) is 4.18. The predicted molar refractivity (Wildman–Crippen MR) is 62.5 cm³/mol. The Balaban J connectivity index is 2.77. The van der Waals surface area contributed by atoms with Crippen LogP contribution in [-0.2, 0) is 0 Å². The van der Waals surface area contributed by atoms with Crippen molar-refractivity contribution in [1.82, 2.24) is 4.98 Å². The summed E-state index contributed by atoms with van der Waals surface area (Å²) in [6.07, 6.45) is 1.73. The van der Waals surface area contributed by atoms with Crippen LogP contribution in [0.3, 0.4) is 0 Å². The molecule has 3 nitrogen and oxygen atoms in total. The fourth-order valence-corrected chi connectivity index (χ4v) is 1.90. The first kappa shape index (κ1) is 10.2. The molecule has 0 N–H and O–H groups in total. The Morgan fingerprint density at radius 2 is 1.93 bits per heavy atom. The van der Waals surface area contributed by atoms with Gasteiger partial charge < -0.3 is 9.47 Å². The molecule has 0 saturated carbocycles. The highest BCUT2D eigenvalue weighted by atomic mass is 79.9. The van der Waals surface area contributed by atoms with Gasteiger partial charge in [-0.1, -0.05) is 0 Å². The number of aromatic nitrogens is 1. The van der Waals surface area contributed by atoms with E-state index in [4.69, 9.17) is 9.47 Å². The first-order chi connectivity index (χ1) is 7.26. The molecule has 0 unspecified atom stereocenters. The highest BCUT2D eigenvalue weighted by Crippen LogP contribution is 2.31. The summed E-state index contributed by atoms with van der Waals surface area (Å²) in [5.41, 5.74) is 0. The Morgan fingerprint density at radius 3 is 2.60 bits per heavy atom. The monoisotopic (exact) mass is 267 g/mol. The third-order valence-corrected chi connectivity index (χ3v) is 2.83. The normalized spacial score (nSPS) is 10.3. The standard InChI is InChI=1S/C11H10BrNO2/c1-14-7-3-4-8-9(5-7)11(15-2)13-6-10(8)12/h3-6H,1-2H3. The molecular weight excluding hydrogens is 258 g/mol. The average molecular weight is 268 g/mol. The zero-order valence-electron chi connectivity index (χ0n) is 8.45. The lowest BCUT2D eigenvalue weighted by Gasteiger charge is -2.07. The smallest absolute Gasteiger partial charge is 0.221 e. The number of fused-ring (bicyclic) bond motifs is 1. The van der Waals surface area contributed by atoms with E-state index in [2.05, 4.69) is 20.9 Å². The molecule has 0 spiro atoms. The van der Waals surface area contributed by atoms with E-state index in [1.807, 2.05) is 18.2 Å². The maximum Gasteiger partial charge on any atom is 0.221 e. The molecule has 4 heteroatoms. The topological polar surface area (TPSA) is 31.4 Å². The second-order valence-electron chi connectivity index (χ2n) is 3.03. The van der Waals surface area contributed by atoms with E-state index in [1.165, 1.54) is 0 Å². The molecule has 0 fully saturated rings. The first-order valence-electron chi connectivity index (χ1n) is 4.42. The van der Waals surface area contributed by atoms with Crippen molar-refractivity contribution in [3.63, 3.8) is 0 Å². The minimum absolute atomic E-state index is 0.604. The number of benzene rings is 1. The quantitative estimate of drug-likeness (QED) is 0.838. The third kappa shape index (κ3) is 1.77. The Kier molecular flexibility index (Phi) is 2.77. The van der Waals surface area contributed by atoms with E-state index >= 15 is 0 Å². The summed E-state index contributed by atoms with van der Waals surface area (Å²) in [6.45, 7) is 0. The second-order valence-corrected chi connectivity index (χ2v) is 3.88. The van der Waals surface area contributed by atoms with Crippen LogP contribution in [-0.4, -0.2) is 19.2 Å². The van der Waals surface area contributed by atoms with Gasteiger partial charge >= 0.3 is 0 Å². The van der Waals surface area contributed by atoms with E-state index in [0.717, 1.165) is 21.0 Å². The first-order valence-corrected chi connectivity index (χ1v) is 5.22. The molecule has 0 bridgehead atoms. The van der Waals surface area contributed by atoms with Crippen LogP contribution in [0.25, 0.3) is 10.8 Å². The van der Waals surface area contributed by atoms with E-state index in [-0.39, 0.29) is 0 Å². The molecule has 0 amide bonds. The summed E-state index contributed by atoms with van der Waals surface area (Å²) >= 11 is 3.45. The van der Waals surface area contributed by atoms with Gasteiger partial charge in [-0.25, -0.2) is 4.98 Å². The van der Waals surface area contributed by atoms with Gasteiger partial charge in [0.15, 0.2) is 0 Å². The summed E-state index contributed by atoms with van der Waals surface area (Å²) in [7, 11) is 3.24. The van der Waals surface area contributed by atoms with Crippen molar-refractivity contribution >= 4 is 26.7 Å². The Hall–Kier alpha value is -1.29. The third-order valence-electron chi connectivity index (χ3n) is 2.20. The molecule has 0 radical (unpaired) electrons. The number of methoxy groups -OCH3 is 2. The zero-order valence-corrected chi connectivity index (χ0v) is 10.0. The fourth-order valence-electron chi connectivity index (χ4n) is 1.45. The van der Waals surface area contributed by atoms with Crippen molar-refractivity contribution in [2.45, 2.75) is 0 Å². The Labute approximate surface area is 96.2 Å². The van der Waals surface area contributed by atoms with Gasteiger partial charge in [-0.2, -0.15) is 0 Å². The molecule has 0 aliphatic heterocycles. The minimum atomic E-state index is 0.604. The molecular formula is C11H10BrNO2. The summed E-state index contributed by atoms with van der Waals surface area (Å²) < 4.78 is 11.3. The fraction of sp³-hybridized carbons (Fsp3) is 0.182. The van der Waals surface area contributed by atoms with E-state index in [0.29, 0.717) is 5.88 Å². The van der Waals surface area contributed by atoms with Gasteiger partial charge in [-0.15, -0.1) is 0 Å². The van der Waals surface area contributed by atoms with Gasteiger partial charge in [0, 0.05) is 21.4 Å². The molecule has 2 rings (SSSR count). The van der Waals surface area contributed by atoms with Crippen molar-refractivity contribution < 1.29 is 9.47 Å². The van der Waals surface area contributed by atoms with Gasteiger partial charge in [0.25, 0.3) is 0 Å². The second kappa shape index (κ2) is 4.06. The summed E-state index contributed by atoms with van der Waals surface area (Å²) in [6, 6.07) is 5.79. The zero-order chi connectivity index (χ0) is 10.8. The highest BCUT2D eigenvalue weighted by molar-refractivity contribution is 9.10. The highest BCUT2D eigenvalue weighted by Gasteiger charge is 2.07. The van der Waals surface area contributed by atoms with Crippen molar-refractivity contribution in [3.8, 4) is 11.6 Å². The summed E-state index contributed by atoms with van der Waals surface area (Å²) in [5.74, 6) is 1.40. The van der Waals surface area contributed by atoms with Crippen LogP contribution in [0.15, 0.2) is 28.9 Å². The van der Waals surface area contributed by atoms with Gasteiger partial charge in [0.1, 0.15) is 5.75 Å². The number of pyridine rings is 1. The molecule has 78 valence electrons. The SMILES string of the molecule is COc1ccc2c(Br)cnc(OC)c2c1. The molecule has 1 aromatic heterocycles. The number of rotatable bonds is 2. The minimum Gasteiger partial charge on any atom is -0.497 e. The van der Waals surface area contributed by atoms with Crippen LogP contribution in [0.2, 0.25) is 0 Å². The van der Waals surface area contributed by atoms with Crippen molar-refractivity contribution in [2.24, 2.45) is 0 Å². The number of hydrogen-bond donors (Lipinski definition) is 0. The molecule has 2 aromatic rings. The number of hydrogen-bond acceptors (Lipinski definition) is 3. The number of ether oxygens (including phenoxy) is 2. The van der Waals surface area contributed by atoms with E-state index in [1.54, 1.807) is 20.4 Å². The number of halogens is 1. The van der Waals surface area contributed by atoms with Crippen LogP contribution in [0, 0.1) is 0 Å². The van der Waals surface area contributed by atoms with E-state index in [9.17, 15) is 0 Å². The maximum atomic E-state index is 5.19. The predicted octanol–water partition coefficient (Wildman–Crippen LogP) is 3.01. The van der Waals surface area contributed by atoms with Crippen molar-refractivity contribution in [1.29, 1.82) is 0 Å². The van der Waals surface area contributed by atoms with Crippen LogP contribution < -0.4 is 9.47 Å². The molecule has 0 atom stereocenters. The maximum absolute atomic E-state index is 5.19. The van der Waals surface area contributed by atoms with Crippen LogP contribution in [0.1, 0.15) is 0 Å². The molecule has 0 aliphatic rings. The van der Waals surface area contributed by atoms with Gasteiger partial charge in [-0.3, -0.25) is 0 Å². The average Bonchev–Trinajstić information content (AvgIpc) is 2.29. The van der Waals surface area contributed by atoms with Crippen LogP contribution in [0.5, 0.6) is 11.6 Å². The molecule has 0 saturated heterocycles. The van der Waals surface area contributed by atoms with Crippen LogP contribution >= 0.6 is 15.9 Å². The van der Waals surface area contributed by atoms with Crippen molar-refractivity contribution in [3.05, 3.63) is 28.9 Å². The summed E-state index contributed by atoms with van der Waals surface area (Å²) in [5, 5.41) is 1.99. The Morgan fingerprint density at radius 1 is 1.13 bits per heavy atom. The lowest BCUT2D eigenvalue weighted by molar-refractivity contribution is 0.401. The molecule has 1 aromatic carbocycles. The lowest BCUT2D eigenvalue weighted by atomic mass is 10.1. The molecule has 15 heavy (non-hydrogen) atoms. The van der Waals surface area contributed by atoms with Gasteiger partial charge in [0.2, 0.25) is 5.88 Å². The number of nitrogens with zero attached hydrogens (tertiary/aromatic N) is 1. The van der Waals surface area contributed by atoms with Crippen LogP contribution in [0.4, 0.5) is 0 Å².